The Hall–Kier alpha value is -2.33. The fourth-order valence-corrected chi connectivity index (χ4v) is 2.24. The molecule has 0 amide bonds. The van der Waals surface area contributed by atoms with Crippen molar-refractivity contribution in [1.82, 2.24) is 0 Å². The molecule has 4 heteroatoms. The number of methoxy groups -OCH3 is 1. The zero-order valence-electron chi connectivity index (χ0n) is 12.8. The second kappa shape index (κ2) is 8.20. The van der Waals surface area contributed by atoms with E-state index < -0.39 is 5.41 Å². The van der Waals surface area contributed by atoms with Crippen molar-refractivity contribution in [2.24, 2.45) is 5.41 Å². The fourth-order valence-electron chi connectivity index (χ4n) is 2.24. The lowest BCUT2D eigenvalue weighted by Gasteiger charge is -2.28. The number of carbonyl (C=O) groups excluding carboxylic acids is 1. The van der Waals surface area contributed by atoms with Crippen LogP contribution in [0.3, 0.4) is 0 Å². The molecule has 2 rings (SSSR count). The van der Waals surface area contributed by atoms with E-state index >= 15 is 0 Å². The predicted molar refractivity (Wildman–Crippen MR) is 90.2 cm³/mol. The molecular formula is C18H22N2O2. The highest BCUT2D eigenvalue weighted by molar-refractivity contribution is 5.63. The van der Waals surface area contributed by atoms with E-state index in [2.05, 4.69) is 10.6 Å². The molecule has 0 aliphatic rings. The number of hydrogen-bond donors (Lipinski definition) is 2. The third-order valence-electron chi connectivity index (χ3n) is 3.52. The van der Waals surface area contributed by atoms with Crippen LogP contribution in [0.15, 0.2) is 60.7 Å². The fraction of sp³-hybridized carbons (Fsp3) is 0.278. The van der Waals surface area contributed by atoms with Gasteiger partial charge in [-0.05, 0) is 24.3 Å². The Kier molecular flexibility index (Phi) is 5.98. The van der Waals surface area contributed by atoms with Crippen LogP contribution in [0, 0.1) is 5.41 Å². The second-order valence-corrected chi connectivity index (χ2v) is 5.35. The van der Waals surface area contributed by atoms with Gasteiger partial charge < -0.3 is 20.2 Å². The lowest BCUT2D eigenvalue weighted by atomic mass is 9.90. The molecule has 0 atom stereocenters. The van der Waals surface area contributed by atoms with Gasteiger partial charge in [-0.15, -0.1) is 0 Å². The van der Waals surface area contributed by atoms with Gasteiger partial charge in [-0.1, -0.05) is 36.4 Å². The Morgan fingerprint density at radius 3 is 1.73 bits per heavy atom. The number of ether oxygens (including phenoxy) is 1. The highest BCUT2D eigenvalue weighted by atomic mass is 16.5. The van der Waals surface area contributed by atoms with Crippen molar-refractivity contribution in [3.05, 3.63) is 60.7 Å². The normalized spacial score (nSPS) is 11.0. The largest absolute Gasteiger partial charge is 0.384 e. The molecule has 0 saturated carbocycles. The van der Waals surface area contributed by atoms with Crippen molar-refractivity contribution < 1.29 is 9.53 Å². The van der Waals surface area contributed by atoms with Gasteiger partial charge >= 0.3 is 0 Å². The molecule has 4 nitrogen and oxygen atoms in total. The maximum atomic E-state index is 11.7. The monoisotopic (exact) mass is 298 g/mol. The number of carbonyl (C=O) groups is 1. The molecule has 0 heterocycles. The van der Waals surface area contributed by atoms with E-state index in [0.717, 1.165) is 17.7 Å². The first-order chi connectivity index (χ1) is 10.8. The zero-order chi connectivity index (χ0) is 15.7. The summed E-state index contributed by atoms with van der Waals surface area (Å²) in [5, 5.41) is 6.61. The second-order valence-electron chi connectivity index (χ2n) is 5.35. The average molecular weight is 298 g/mol. The van der Waals surface area contributed by atoms with Crippen LogP contribution in [0.1, 0.15) is 0 Å². The molecule has 116 valence electrons. The van der Waals surface area contributed by atoms with E-state index in [4.69, 9.17) is 4.74 Å². The van der Waals surface area contributed by atoms with E-state index in [-0.39, 0.29) is 0 Å². The molecule has 0 aromatic heterocycles. The molecule has 0 saturated heterocycles. The average Bonchev–Trinajstić information content (AvgIpc) is 2.59. The van der Waals surface area contributed by atoms with E-state index in [1.165, 1.54) is 0 Å². The quantitative estimate of drug-likeness (QED) is 0.699. The lowest BCUT2D eigenvalue weighted by molar-refractivity contribution is -0.117. The van der Waals surface area contributed by atoms with Crippen LogP contribution in [0.4, 0.5) is 11.4 Å². The number of benzene rings is 2. The first kappa shape index (κ1) is 16.0. The summed E-state index contributed by atoms with van der Waals surface area (Å²) in [6, 6.07) is 19.7. The smallest absolute Gasteiger partial charge is 0.132 e. The van der Waals surface area contributed by atoms with Crippen LogP contribution >= 0.6 is 0 Å². The first-order valence-electron chi connectivity index (χ1n) is 7.31. The summed E-state index contributed by atoms with van der Waals surface area (Å²) in [5.41, 5.74) is 1.36. The van der Waals surface area contributed by atoms with Crippen LogP contribution in [-0.4, -0.2) is 33.1 Å². The highest BCUT2D eigenvalue weighted by Crippen LogP contribution is 2.18. The van der Waals surface area contributed by atoms with Gasteiger partial charge in [0.05, 0.1) is 12.0 Å². The van der Waals surface area contributed by atoms with Gasteiger partial charge in [-0.3, -0.25) is 0 Å². The molecule has 0 spiro atoms. The van der Waals surface area contributed by atoms with Gasteiger partial charge in [0, 0.05) is 31.6 Å². The Morgan fingerprint density at radius 2 is 1.36 bits per heavy atom. The Labute approximate surface area is 131 Å². The van der Waals surface area contributed by atoms with Crippen LogP contribution in [0.25, 0.3) is 0 Å². The van der Waals surface area contributed by atoms with Crippen molar-refractivity contribution in [3.63, 3.8) is 0 Å². The van der Waals surface area contributed by atoms with Crippen molar-refractivity contribution >= 4 is 17.7 Å². The highest BCUT2D eigenvalue weighted by Gasteiger charge is 2.30. The Morgan fingerprint density at radius 1 is 0.909 bits per heavy atom. The minimum atomic E-state index is -0.625. The summed E-state index contributed by atoms with van der Waals surface area (Å²) in [6.07, 6.45) is 0.975. The van der Waals surface area contributed by atoms with Crippen LogP contribution in [-0.2, 0) is 9.53 Å². The minimum absolute atomic E-state index is 0.357. The van der Waals surface area contributed by atoms with E-state index in [1.54, 1.807) is 7.11 Å². The van der Waals surface area contributed by atoms with Crippen molar-refractivity contribution in [2.75, 3.05) is 37.4 Å². The van der Waals surface area contributed by atoms with Gasteiger partial charge in [-0.25, -0.2) is 0 Å². The van der Waals surface area contributed by atoms with E-state index in [1.807, 2.05) is 60.7 Å². The van der Waals surface area contributed by atoms with E-state index in [9.17, 15) is 4.79 Å². The van der Waals surface area contributed by atoms with Crippen molar-refractivity contribution in [2.45, 2.75) is 0 Å². The summed E-state index contributed by atoms with van der Waals surface area (Å²) >= 11 is 0. The molecule has 0 aliphatic carbocycles. The lowest BCUT2D eigenvalue weighted by Crippen LogP contribution is -2.42. The van der Waals surface area contributed by atoms with Gasteiger partial charge in [0.1, 0.15) is 6.29 Å². The molecule has 22 heavy (non-hydrogen) atoms. The molecule has 2 aromatic rings. The third kappa shape index (κ3) is 4.60. The standard InChI is InChI=1S/C18H22N2O2/c1-22-15-18(14-21,12-19-16-8-4-2-5-9-16)13-20-17-10-6-3-7-11-17/h2-11,14,19-20H,12-13,15H2,1H3. The van der Waals surface area contributed by atoms with Gasteiger partial charge in [0.15, 0.2) is 0 Å². The molecule has 2 N–H and O–H groups in total. The van der Waals surface area contributed by atoms with Gasteiger partial charge in [-0.2, -0.15) is 0 Å². The number of anilines is 2. The summed E-state index contributed by atoms with van der Waals surface area (Å²) in [7, 11) is 1.61. The van der Waals surface area contributed by atoms with Crippen LogP contribution < -0.4 is 10.6 Å². The van der Waals surface area contributed by atoms with Crippen LogP contribution in [0.2, 0.25) is 0 Å². The number of rotatable bonds is 9. The predicted octanol–water partition coefficient (Wildman–Crippen LogP) is 3.04. The summed E-state index contributed by atoms with van der Waals surface area (Å²) in [6.45, 7) is 1.37. The Balaban J connectivity index is 2.01. The minimum Gasteiger partial charge on any atom is -0.384 e. The molecular weight excluding hydrogens is 276 g/mol. The topological polar surface area (TPSA) is 50.4 Å². The molecule has 0 bridgehead atoms. The summed E-state index contributed by atoms with van der Waals surface area (Å²) < 4.78 is 5.26. The molecule has 2 aromatic carbocycles. The molecule has 0 radical (unpaired) electrons. The number of para-hydroxylation sites is 2. The number of aldehydes is 1. The molecule has 0 unspecified atom stereocenters. The van der Waals surface area contributed by atoms with E-state index in [0.29, 0.717) is 19.7 Å². The van der Waals surface area contributed by atoms with Gasteiger partial charge in [0.25, 0.3) is 0 Å². The van der Waals surface area contributed by atoms with Crippen LogP contribution in [0.5, 0.6) is 0 Å². The first-order valence-corrected chi connectivity index (χ1v) is 7.31. The maximum absolute atomic E-state index is 11.7. The number of hydrogen-bond acceptors (Lipinski definition) is 4. The molecule has 0 fully saturated rings. The summed E-state index contributed by atoms with van der Waals surface area (Å²) in [4.78, 5) is 11.7. The van der Waals surface area contributed by atoms with Crippen molar-refractivity contribution in [3.8, 4) is 0 Å². The third-order valence-corrected chi connectivity index (χ3v) is 3.52. The zero-order valence-corrected chi connectivity index (χ0v) is 12.8. The van der Waals surface area contributed by atoms with Crippen molar-refractivity contribution in [1.29, 1.82) is 0 Å². The number of nitrogens with one attached hydrogen (secondary N) is 2. The molecule has 0 aliphatic heterocycles. The Bertz CT molecular complexity index is 514. The van der Waals surface area contributed by atoms with Gasteiger partial charge in [0.2, 0.25) is 0 Å². The SMILES string of the molecule is COCC(C=O)(CNc1ccccc1)CNc1ccccc1. The maximum Gasteiger partial charge on any atom is 0.132 e. The summed E-state index contributed by atoms with van der Waals surface area (Å²) in [5.74, 6) is 0.